The molecular weight excluding hydrogens is 446 g/mol. The van der Waals surface area contributed by atoms with Crippen molar-refractivity contribution in [2.24, 2.45) is 5.41 Å². The molecule has 0 saturated carbocycles. The number of hydrogen-bond acceptors (Lipinski definition) is 6. The molecule has 0 aliphatic rings. The number of hydrogen-bond donors (Lipinski definition) is 1. The fourth-order valence-electron chi connectivity index (χ4n) is 3.14. The molecule has 2 aromatic carbocycles. The summed E-state index contributed by atoms with van der Waals surface area (Å²) in [5.41, 5.74) is 4.65. The Bertz CT molecular complexity index is 1180. The van der Waals surface area contributed by atoms with Crippen molar-refractivity contribution < 1.29 is 9.84 Å². The summed E-state index contributed by atoms with van der Waals surface area (Å²) < 4.78 is 8.77. The predicted octanol–water partition coefficient (Wildman–Crippen LogP) is 4.98. The van der Waals surface area contributed by atoms with Crippen LogP contribution in [0.25, 0.3) is 22.2 Å². The second-order valence-corrected chi connectivity index (χ2v) is 9.11. The van der Waals surface area contributed by atoms with Gasteiger partial charge in [0.2, 0.25) is 0 Å². The summed E-state index contributed by atoms with van der Waals surface area (Å²) in [4.78, 5) is 7.67. The van der Waals surface area contributed by atoms with Gasteiger partial charge in [-0.2, -0.15) is 0 Å². The predicted molar refractivity (Wildman–Crippen MR) is 118 cm³/mol. The highest BCUT2D eigenvalue weighted by molar-refractivity contribution is 9.10. The van der Waals surface area contributed by atoms with E-state index in [4.69, 9.17) is 4.74 Å². The molecule has 154 valence electrons. The van der Waals surface area contributed by atoms with E-state index in [0.29, 0.717) is 12.4 Å². The van der Waals surface area contributed by atoms with Crippen molar-refractivity contribution in [1.29, 1.82) is 0 Å². The molecule has 0 fully saturated rings. The zero-order chi connectivity index (χ0) is 21.3. The molecule has 0 aliphatic carbocycles. The molecule has 7 nitrogen and oxygen atoms in total. The van der Waals surface area contributed by atoms with Gasteiger partial charge in [-0.3, -0.25) is 0 Å². The van der Waals surface area contributed by atoms with Gasteiger partial charge in [-0.05, 0) is 50.7 Å². The fourth-order valence-corrected chi connectivity index (χ4v) is 3.66. The highest BCUT2D eigenvalue weighted by atomic mass is 79.9. The van der Waals surface area contributed by atoms with E-state index >= 15 is 0 Å². The van der Waals surface area contributed by atoms with Crippen LogP contribution in [-0.2, 0) is 13.2 Å². The Balaban J connectivity index is 1.53. The third-order valence-corrected chi connectivity index (χ3v) is 5.27. The molecule has 2 heterocycles. The Morgan fingerprint density at radius 2 is 1.83 bits per heavy atom. The van der Waals surface area contributed by atoms with E-state index in [1.165, 1.54) is 0 Å². The quantitative estimate of drug-likeness (QED) is 0.445. The van der Waals surface area contributed by atoms with Crippen molar-refractivity contribution in [2.45, 2.75) is 33.9 Å². The van der Waals surface area contributed by atoms with Crippen molar-refractivity contribution in [2.75, 3.05) is 0 Å². The minimum atomic E-state index is -0.238. The maximum atomic E-state index is 9.27. The summed E-state index contributed by atoms with van der Waals surface area (Å²) in [6.07, 6.45) is 3.18. The summed E-state index contributed by atoms with van der Waals surface area (Å²) in [6.45, 7) is 7.69. The van der Waals surface area contributed by atoms with Crippen LogP contribution in [0.4, 0.5) is 0 Å². The topological polar surface area (TPSA) is 86.0 Å². The Labute approximate surface area is 182 Å². The van der Waals surface area contributed by atoms with E-state index < -0.39 is 0 Å². The third kappa shape index (κ3) is 4.43. The van der Waals surface area contributed by atoms with Crippen LogP contribution >= 0.6 is 15.9 Å². The fraction of sp³-hybridized carbons (Fsp3) is 0.273. The molecule has 0 bridgehead atoms. The van der Waals surface area contributed by atoms with E-state index in [2.05, 4.69) is 57.0 Å². The summed E-state index contributed by atoms with van der Waals surface area (Å²) >= 11 is 3.63. The number of nitrogens with zero attached hydrogens (tertiary/aromatic N) is 5. The highest BCUT2D eigenvalue weighted by Gasteiger charge is 2.17. The van der Waals surface area contributed by atoms with Crippen molar-refractivity contribution in [3.05, 3.63) is 58.8 Å². The van der Waals surface area contributed by atoms with Crippen molar-refractivity contribution in [3.63, 3.8) is 0 Å². The van der Waals surface area contributed by atoms with Gasteiger partial charge in [0.15, 0.2) is 0 Å². The SMILES string of the molecule is CC(C)(C)Cn1nnc2c(Br)c(OCc3cccc(-c4cnc(O)nc4)c3)ccc21. The summed E-state index contributed by atoms with van der Waals surface area (Å²) in [6, 6.07) is 11.6. The maximum absolute atomic E-state index is 9.27. The number of fused-ring (bicyclic) bond motifs is 1. The number of benzene rings is 2. The van der Waals surface area contributed by atoms with E-state index in [-0.39, 0.29) is 11.4 Å². The molecule has 30 heavy (non-hydrogen) atoms. The van der Waals surface area contributed by atoms with Crippen LogP contribution in [0.5, 0.6) is 11.8 Å². The number of aromatic hydroxyl groups is 1. The summed E-state index contributed by atoms with van der Waals surface area (Å²) in [5.74, 6) is 0.712. The average molecular weight is 468 g/mol. The monoisotopic (exact) mass is 467 g/mol. The first-order chi connectivity index (χ1) is 14.3. The van der Waals surface area contributed by atoms with Gasteiger partial charge in [0, 0.05) is 24.5 Å². The molecule has 0 atom stereocenters. The molecule has 0 spiro atoms. The van der Waals surface area contributed by atoms with E-state index in [1.807, 2.05) is 41.1 Å². The van der Waals surface area contributed by atoms with Crippen LogP contribution in [0.2, 0.25) is 0 Å². The summed E-state index contributed by atoms with van der Waals surface area (Å²) in [7, 11) is 0. The lowest BCUT2D eigenvalue weighted by Crippen LogP contribution is -2.16. The lowest BCUT2D eigenvalue weighted by atomic mass is 9.97. The van der Waals surface area contributed by atoms with Gasteiger partial charge >= 0.3 is 6.01 Å². The lowest BCUT2D eigenvalue weighted by Gasteiger charge is -2.18. The van der Waals surface area contributed by atoms with E-state index in [1.54, 1.807) is 12.4 Å². The molecule has 4 aromatic rings. The highest BCUT2D eigenvalue weighted by Crippen LogP contribution is 2.33. The smallest absolute Gasteiger partial charge is 0.313 e. The first kappa shape index (κ1) is 20.3. The Kier molecular flexibility index (Phi) is 5.42. The maximum Gasteiger partial charge on any atom is 0.313 e. The second-order valence-electron chi connectivity index (χ2n) is 8.31. The number of ether oxygens (including phenoxy) is 1. The van der Waals surface area contributed by atoms with Gasteiger partial charge < -0.3 is 9.84 Å². The zero-order valence-electron chi connectivity index (χ0n) is 17.0. The van der Waals surface area contributed by atoms with E-state index in [9.17, 15) is 5.11 Å². The molecule has 0 amide bonds. The molecule has 2 aromatic heterocycles. The van der Waals surface area contributed by atoms with Crippen LogP contribution in [0.3, 0.4) is 0 Å². The molecule has 0 radical (unpaired) electrons. The average Bonchev–Trinajstić information content (AvgIpc) is 3.10. The molecule has 0 unspecified atom stereocenters. The normalized spacial score (nSPS) is 11.7. The Hall–Kier alpha value is -3.00. The van der Waals surface area contributed by atoms with Gasteiger partial charge in [0.05, 0.1) is 9.99 Å². The van der Waals surface area contributed by atoms with Gasteiger partial charge in [0.25, 0.3) is 0 Å². The molecular formula is C22H22BrN5O2. The third-order valence-electron chi connectivity index (χ3n) is 4.51. The van der Waals surface area contributed by atoms with Crippen LogP contribution in [0.15, 0.2) is 53.3 Å². The van der Waals surface area contributed by atoms with Gasteiger partial charge in [-0.1, -0.05) is 44.2 Å². The molecule has 0 saturated heterocycles. The van der Waals surface area contributed by atoms with Crippen molar-refractivity contribution >= 4 is 27.0 Å². The van der Waals surface area contributed by atoms with Crippen LogP contribution in [0, 0.1) is 5.41 Å². The van der Waals surface area contributed by atoms with Crippen LogP contribution in [0.1, 0.15) is 26.3 Å². The second kappa shape index (κ2) is 8.02. The van der Waals surface area contributed by atoms with Gasteiger partial charge in [-0.15, -0.1) is 5.10 Å². The van der Waals surface area contributed by atoms with Crippen LogP contribution in [-0.4, -0.2) is 30.1 Å². The van der Waals surface area contributed by atoms with Gasteiger partial charge in [0.1, 0.15) is 17.9 Å². The van der Waals surface area contributed by atoms with Crippen LogP contribution < -0.4 is 4.74 Å². The first-order valence-electron chi connectivity index (χ1n) is 9.55. The minimum Gasteiger partial charge on any atom is -0.488 e. The molecule has 0 aliphatic heterocycles. The zero-order valence-corrected chi connectivity index (χ0v) is 18.6. The largest absolute Gasteiger partial charge is 0.488 e. The minimum absolute atomic E-state index is 0.107. The Morgan fingerprint density at radius 3 is 2.57 bits per heavy atom. The standard InChI is InChI=1S/C22H22BrN5O2/c1-22(2,3)13-28-17-7-8-18(19(23)20(17)26-27-28)30-12-14-5-4-6-15(9-14)16-10-24-21(29)25-11-16/h4-11H,12-13H2,1-3H3,(H,24,25,29). The van der Waals surface area contributed by atoms with Crippen molar-refractivity contribution in [1.82, 2.24) is 25.0 Å². The number of rotatable bonds is 5. The molecule has 8 heteroatoms. The first-order valence-corrected chi connectivity index (χ1v) is 10.3. The molecule has 4 rings (SSSR count). The van der Waals surface area contributed by atoms with Crippen molar-refractivity contribution in [3.8, 4) is 22.9 Å². The summed E-state index contributed by atoms with van der Waals surface area (Å²) in [5, 5.41) is 17.9. The lowest BCUT2D eigenvalue weighted by molar-refractivity contribution is 0.304. The Morgan fingerprint density at radius 1 is 1.07 bits per heavy atom. The number of halogens is 1. The molecule has 1 N–H and O–H groups in total. The number of aromatic nitrogens is 5. The van der Waals surface area contributed by atoms with Gasteiger partial charge in [-0.25, -0.2) is 14.6 Å². The van der Waals surface area contributed by atoms with E-state index in [0.717, 1.165) is 38.7 Å².